The summed E-state index contributed by atoms with van der Waals surface area (Å²) in [6, 6.07) is 6.11. The number of rotatable bonds is 3. The average molecular weight is 302 g/mol. The number of alkyl halides is 2. The molecule has 3 rings (SSSR count). The summed E-state index contributed by atoms with van der Waals surface area (Å²) in [7, 11) is -0.835. The molecule has 2 saturated heterocycles. The topological polar surface area (TPSA) is 46.5 Å². The third-order valence-corrected chi connectivity index (χ3v) is 6.33. The van der Waals surface area contributed by atoms with Crippen LogP contribution in [-0.2, 0) is 16.4 Å². The molecular weight excluding hydrogens is 286 g/mol. The first-order valence-corrected chi connectivity index (χ1v) is 7.93. The van der Waals surface area contributed by atoms with Crippen LogP contribution in [0.4, 0.5) is 8.78 Å². The van der Waals surface area contributed by atoms with Crippen molar-refractivity contribution in [3.63, 3.8) is 0 Å². The van der Waals surface area contributed by atoms with Gasteiger partial charge in [-0.25, -0.2) is 0 Å². The summed E-state index contributed by atoms with van der Waals surface area (Å²) in [5, 5.41) is 10.9. The molecule has 2 heterocycles. The monoisotopic (exact) mass is 302 g/mol. The Hall–Kier alpha value is -1.01. The molecule has 0 aromatic heterocycles. The maximum Gasteiger partial charge on any atom is 0.387 e. The van der Waals surface area contributed by atoms with E-state index in [4.69, 9.17) is 0 Å². The zero-order valence-corrected chi connectivity index (χ0v) is 11.6. The minimum Gasteiger partial charge on any atom is -0.435 e. The number of hydrogen-bond acceptors (Lipinski definition) is 3. The Labute approximate surface area is 118 Å². The van der Waals surface area contributed by atoms with Crippen LogP contribution >= 0.6 is 0 Å². The third kappa shape index (κ3) is 2.46. The molecule has 2 fully saturated rings. The van der Waals surface area contributed by atoms with Gasteiger partial charge in [0.1, 0.15) is 5.75 Å². The Bertz CT molecular complexity index is 502. The lowest BCUT2D eigenvalue weighted by atomic mass is 9.86. The van der Waals surface area contributed by atoms with Gasteiger partial charge in [0.2, 0.25) is 0 Å². The van der Waals surface area contributed by atoms with Gasteiger partial charge in [-0.3, -0.25) is 4.21 Å². The lowest BCUT2D eigenvalue weighted by Gasteiger charge is -2.36. The third-order valence-electron chi connectivity index (χ3n) is 4.22. The van der Waals surface area contributed by atoms with Gasteiger partial charge in [0.05, 0.1) is 5.60 Å². The van der Waals surface area contributed by atoms with E-state index in [1.54, 1.807) is 12.1 Å². The molecule has 2 unspecified atom stereocenters. The summed E-state index contributed by atoms with van der Waals surface area (Å²) in [5.41, 5.74) is -0.309. The average Bonchev–Trinajstić information content (AvgIpc) is 2.62. The van der Waals surface area contributed by atoms with Crippen molar-refractivity contribution in [2.24, 2.45) is 0 Å². The number of benzene rings is 1. The SMILES string of the molecule is O=S1C2CCC1CC(O)(c1ccc(OC(F)F)cc1)C2. The first-order valence-electron chi connectivity index (χ1n) is 6.65. The summed E-state index contributed by atoms with van der Waals surface area (Å²) in [4.78, 5) is 0. The van der Waals surface area contributed by atoms with Crippen LogP contribution in [-0.4, -0.2) is 26.4 Å². The standard InChI is InChI=1S/C14H16F2O3S/c15-13(16)19-10-3-1-9(2-4-10)14(17)7-11-5-6-12(8-14)20(11)18/h1-4,11-13,17H,5-8H2. The molecule has 2 bridgehead atoms. The van der Waals surface area contributed by atoms with Crippen LogP contribution in [0.2, 0.25) is 0 Å². The molecule has 2 aliphatic rings. The van der Waals surface area contributed by atoms with Crippen molar-refractivity contribution in [3.05, 3.63) is 29.8 Å². The van der Waals surface area contributed by atoms with Crippen LogP contribution in [0, 0.1) is 0 Å². The molecule has 6 heteroatoms. The van der Waals surface area contributed by atoms with Gasteiger partial charge in [-0.05, 0) is 43.4 Å². The van der Waals surface area contributed by atoms with Crippen LogP contribution in [0.5, 0.6) is 5.75 Å². The molecule has 110 valence electrons. The van der Waals surface area contributed by atoms with Gasteiger partial charge in [0.25, 0.3) is 0 Å². The highest BCUT2D eigenvalue weighted by Gasteiger charge is 2.48. The van der Waals surface area contributed by atoms with E-state index in [0.29, 0.717) is 18.4 Å². The van der Waals surface area contributed by atoms with Crippen LogP contribution in [0.15, 0.2) is 24.3 Å². The minimum atomic E-state index is -2.85. The van der Waals surface area contributed by atoms with Crippen LogP contribution in [0.1, 0.15) is 31.2 Å². The van der Waals surface area contributed by atoms with Gasteiger partial charge in [-0.1, -0.05) is 12.1 Å². The second-order valence-corrected chi connectivity index (χ2v) is 7.48. The molecule has 0 saturated carbocycles. The molecule has 0 amide bonds. The molecule has 1 aromatic carbocycles. The van der Waals surface area contributed by atoms with Crippen LogP contribution in [0.3, 0.4) is 0 Å². The second kappa shape index (κ2) is 5.07. The Morgan fingerprint density at radius 3 is 2.25 bits per heavy atom. The quantitative estimate of drug-likeness (QED) is 0.933. The van der Waals surface area contributed by atoms with E-state index in [1.165, 1.54) is 12.1 Å². The van der Waals surface area contributed by atoms with Crippen LogP contribution in [0.25, 0.3) is 0 Å². The molecule has 1 aromatic rings. The van der Waals surface area contributed by atoms with E-state index < -0.39 is 23.0 Å². The van der Waals surface area contributed by atoms with Gasteiger partial charge >= 0.3 is 6.61 Å². The van der Waals surface area contributed by atoms with E-state index in [0.717, 1.165) is 12.8 Å². The smallest absolute Gasteiger partial charge is 0.387 e. The fourth-order valence-corrected chi connectivity index (χ4v) is 5.42. The van der Waals surface area contributed by atoms with Crippen molar-refractivity contribution in [1.82, 2.24) is 0 Å². The molecule has 2 atom stereocenters. The fourth-order valence-electron chi connectivity index (χ4n) is 3.26. The molecular formula is C14H16F2O3S. The van der Waals surface area contributed by atoms with E-state index >= 15 is 0 Å². The number of fused-ring (bicyclic) bond motifs is 2. The van der Waals surface area contributed by atoms with Gasteiger partial charge < -0.3 is 9.84 Å². The number of ether oxygens (including phenoxy) is 1. The van der Waals surface area contributed by atoms with E-state index in [2.05, 4.69) is 4.74 Å². The molecule has 2 aliphatic heterocycles. The Balaban J connectivity index is 1.80. The highest BCUT2D eigenvalue weighted by molar-refractivity contribution is 7.86. The van der Waals surface area contributed by atoms with E-state index in [9.17, 15) is 18.1 Å². The normalized spacial score (nSPS) is 36.3. The van der Waals surface area contributed by atoms with E-state index in [-0.39, 0.29) is 16.2 Å². The molecule has 1 N–H and O–H groups in total. The summed E-state index contributed by atoms with van der Waals surface area (Å²) in [6.45, 7) is -2.85. The van der Waals surface area contributed by atoms with Crippen molar-refractivity contribution >= 4 is 10.8 Å². The highest BCUT2D eigenvalue weighted by atomic mass is 32.2. The lowest BCUT2D eigenvalue weighted by Crippen LogP contribution is -2.40. The van der Waals surface area contributed by atoms with Crippen LogP contribution < -0.4 is 4.74 Å². The predicted octanol–water partition coefficient (Wildman–Crippen LogP) is 2.55. The van der Waals surface area contributed by atoms with Crippen molar-refractivity contribution in [1.29, 1.82) is 0 Å². The lowest BCUT2D eigenvalue weighted by molar-refractivity contribution is -0.0499. The molecule has 0 spiro atoms. The van der Waals surface area contributed by atoms with Gasteiger partial charge in [0.15, 0.2) is 0 Å². The zero-order valence-electron chi connectivity index (χ0n) is 10.8. The fraction of sp³-hybridized carbons (Fsp3) is 0.571. The molecule has 0 aliphatic carbocycles. The van der Waals surface area contributed by atoms with Crippen molar-refractivity contribution in [3.8, 4) is 5.75 Å². The van der Waals surface area contributed by atoms with Gasteiger partial charge in [0, 0.05) is 21.3 Å². The zero-order chi connectivity index (χ0) is 14.3. The molecule has 0 radical (unpaired) electrons. The summed E-state index contributed by atoms with van der Waals surface area (Å²) < 4.78 is 40.5. The second-order valence-electron chi connectivity index (χ2n) is 5.49. The first kappa shape index (κ1) is 13.9. The maximum atomic E-state index is 12.1. The maximum absolute atomic E-state index is 12.1. The predicted molar refractivity (Wildman–Crippen MR) is 71.2 cm³/mol. The Kier molecular flexibility index (Phi) is 3.54. The summed E-state index contributed by atoms with van der Waals surface area (Å²) in [5.74, 6) is 0.0784. The van der Waals surface area contributed by atoms with E-state index in [1.807, 2.05) is 0 Å². The van der Waals surface area contributed by atoms with Gasteiger partial charge in [-0.2, -0.15) is 8.78 Å². The number of aliphatic hydroxyl groups is 1. The summed E-state index contributed by atoms with van der Waals surface area (Å²) >= 11 is 0. The van der Waals surface area contributed by atoms with Crippen molar-refractivity contribution in [2.45, 2.75) is 48.4 Å². The number of halogens is 2. The molecule has 20 heavy (non-hydrogen) atoms. The van der Waals surface area contributed by atoms with Crippen molar-refractivity contribution in [2.75, 3.05) is 0 Å². The number of hydrogen-bond donors (Lipinski definition) is 1. The van der Waals surface area contributed by atoms with Gasteiger partial charge in [-0.15, -0.1) is 0 Å². The highest BCUT2D eigenvalue weighted by Crippen LogP contribution is 2.45. The summed E-state index contributed by atoms with van der Waals surface area (Å²) in [6.07, 6.45) is 2.74. The Morgan fingerprint density at radius 2 is 1.75 bits per heavy atom. The largest absolute Gasteiger partial charge is 0.435 e. The minimum absolute atomic E-state index is 0.0516. The van der Waals surface area contributed by atoms with Crippen molar-refractivity contribution < 1.29 is 22.8 Å². The molecule has 3 nitrogen and oxygen atoms in total. The Morgan fingerprint density at radius 1 is 1.20 bits per heavy atom. The first-order chi connectivity index (χ1) is 9.48.